The second-order valence-corrected chi connectivity index (χ2v) is 3.90. The lowest BCUT2D eigenvalue weighted by Gasteiger charge is -2.13. The normalized spacial score (nSPS) is 10.1. The smallest absolute Gasteiger partial charge is 0.203 e. The number of benzene rings is 1. The van der Waals surface area contributed by atoms with Crippen LogP contribution in [0.5, 0.6) is 17.2 Å². The molecule has 1 aromatic carbocycles. The molecule has 1 rings (SSSR count). The molecule has 0 heterocycles. The Kier molecular flexibility index (Phi) is 6.30. The van der Waals surface area contributed by atoms with Gasteiger partial charge in [0.05, 0.1) is 20.8 Å². The minimum Gasteiger partial charge on any atom is -0.493 e. The van der Waals surface area contributed by atoms with Crippen LogP contribution in [0.1, 0.15) is 32.6 Å². The number of methoxy groups -OCH3 is 2. The summed E-state index contributed by atoms with van der Waals surface area (Å²) in [6.07, 6.45) is 4.79. The largest absolute Gasteiger partial charge is 0.493 e. The van der Waals surface area contributed by atoms with Gasteiger partial charge >= 0.3 is 0 Å². The van der Waals surface area contributed by atoms with Gasteiger partial charge in [-0.15, -0.1) is 0 Å². The highest BCUT2D eigenvalue weighted by Gasteiger charge is 2.09. The number of rotatable bonds is 8. The molecule has 0 aliphatic carbocycles. The predicted octanol–water partition coefficient (Wildman–Crippen LogP) is 3.66. The van der Waals surface area contributed by atoms with Gasteiger partial charge in [0.2, 0.25) is 5.75 Å². The van der Waals surface area contributed by atoms with Gasteiger partial charge in [0.15, 0.2) is 11.5 Å². The van der Waals surface area contributed by atoms with Crippen molar-refractivity contribution in [2.24, 2.45) is 0 Å². The van der Waals surface area contributed by atoms with E-state index in [1.54, 1.807) is 14.2 Å². The highest BCUT2D eigenvalue weighted by atomic mass is 16.5. The van der Waals surface area contributed by atoms with Gasteiger partial charge < -0.3 is 14.2 Å². The first kappa shape index (κ1) is 13.7. The first-order chi connectivity index (χ1) is 8.33. The molecule has 0 saturated heterocycles. The molecule has 0 spiro atoms. The molecule has 0 aliphatic heterocycles. The van der Waals surface area contributed by atoms with Crippen LogP contribution in [0.3, 0.4) is 0 Å². The minimum atomic E-state index is 0.672. The van der Waals surface area contributed by atoms with Crippen LogP contribution in [0.2, 0.25) is 0 Å². The number of unbranched alkanes of at least 4 members (excludes halogenated alkanes) is 3. The molecular formula is C14H22O3. The first-order valence-electron chi connectivity index (χ1n) is 6.17. The van der Waals surface area contributed by atoms with E-state index < -0.39 is 0 Å². The summed E-state index contributed by atoms with van der Waals surface area (Å²) in [4.78, 5) is 0. The molecule has 1 aromatic rings. The van der Waals surface area contributed by atoms with Crippen molar-refractivity contribution in [1.82, 2.24) is 0 Å². The van der Waals surface area contributed by atoms with Crippen molar-refractivity contribution in [2.75, 3.05) is 20.8 Å². The fourth-order valence-electron chi connectivity index (χ4n) is 1.68. The molecule has 0 aliphatic rings. The van der Waals surface area contributed by atoms with E-state index in [-0.39, 0.29) is 0 Å². The summed E-state index contributed by atoms with van der Waals surface area (Å²) in [5, 5.41) is 0. The SMILES string of the molecule is CCCCCCOc1cccc(OC)c1OC. The van der Waals surface area contributed by atoms with E-state index in [0.29, 0.717) is 11.5 Å². The third-order valence-electron chi connectivity index (χ3n) is 2.62. The quantitative estimate of drug-likeness (QED) is 0.647. The molecule has 17 heavy (non-hydrogen) atoms. The molecule has 0 fully saturated rings. The summed E-state index contributed by atoms with van der Waals surface area (Å²) in [5.41, 5.74) is 0. The summed E-state index contributed by atoms with van der Waals surface area (Å²) in [5.74, 6) is 2.13. The molecule has 0 radical (unpaired) electrons. The zero-order valence-corrected chi connectivity index (χ0v) is 11.0. The number of ether oxygens (including phenoxy) is 3. The Bertz CT molecular complexity index is 323. The lowest BCUT2D eigenvalue weighted by Crippen LogP contribution is -2.00. The van der Waals surface area contributed by atoms with Gasteiger partial charge in [0.25, 0.3) is 0 Å². The molecule has 0 saturated carbocycles. The average Bonchev–Trinajstić information content (AvgIpc) is 2.38. The molecule has 0 aromatic heterocycles. The Balaban J connectivity index is 2.52. The van der Waals surface area contributed by atoms with E-state index in [9.17, 15) is 0 Å². The molecule has 0 amide bonds. The molecule has 3 nitrogen and oxygen atoms in total. The second-order valence-electron chi connectivity index (χ2n) is 3.90. The van der Waals surface area contributed by atoms with Gasteiger partial charge in [-0.2, -0.15) is 0 Å². The maximum atomic E-state index is 5.71. The summed E-state index contributed by atoms with van der Waals surface area (Å²) in [6, 6.07) is 5.67. The number of hydrogen-bond acceptors (Lipinski definition) is 3. The van der Waals surface area contributed by atoms with Gasteiger partial charge in [0.1, 0.15) is 0 Å². The Morgan fingerprint density at radius 2 is 1.71 bits per heavy atom. The van der Waals surface area contributed by atoms with Gasteiger partial charge in [-0.25, -0.2) is 0 Å². The third-order valence-corrected chi connectivity index (χ3v) is 2.62. The van der Waals surface area contributed by atoms with Crippen LogP contribution in [0.4, 0.5) is 0 Å². The van der Waals surface area contributed by atoms with E-state index in [4.69, 9.17) is 14.2 Å². The molecule has 0 unspecified atom stereocenters. The standard InChI is InChI=1S/C14H22O3/c1-4-5-6-7-11-17-13-10-8-9-12(15-2)14(13)16-3/h8-10H,4-7,11H2,1-3H3. The van der Waals surface area contributed by atoms with Crippen LogP contribution >= 0.6 is 0 Å². The van der Waals surface area contributed by atoms with E-state index in [0.717, 1.165) is 18.8 Å². The summed E-state index contributed by atoms with van der Waals surface area (Å²) < 4.78 is 16.2. The minimum absolute atomic E-state index is 0.672. The van der Waals surface area contributed by atoms with Crippen molar-refractivity contribution in [3.05, 3.63) is 18.2 Å². The predicted molar refractivity (Wildman–Crippen MR) is 69.2 cm³/mol. The summed E-state index contributed by atoms with van der Waals surface area (Å²) in [6.45, 7) is 2.93. The van der Waals surface area contributed by atoms with Gasteiger partial charge in [-0.1, -0.05) is 32.3 Å². The van der Waals surface area contributed by atoms with Gasteiger partial charge in [-0.05, 0) is 18.6 Å². The van der Waals surface area contributed by atoms with Crippen LogP contribution in [0.15, 0.2) is 18.2 Å². The molecule has 3 heteroatoms. The maximum Gasteiger partial charge on any atom is 0.203 e. The highest BCUT2D eigenvalue weighted by molar-refractivity contribution is 5.50. The van der Waals surface area contributed by atoms with Crippen LogP contribution in [-0.4, -0.2) is 20.8 Å². The van der Waals surface area contributed by atoms with Crippen molar-refractivity contribution in [3.63, 3.8) is 0 Å². The molecule has 96 valence electrons. The lowest BCUT2D eigenvalue weighted by atomic mass is 10.2. The fourth-order valence-corrected chi connectivity index (χ4v) is 1.68. The van der Waals surface area contributed by atoms with E-state index in [2.05, 4.69) is 6.92 Å². The van der Waals surface area contributed by atoms with Crippen LogP contribution in [-0.2, 0) is 0 Å². The van der Waals surface area contributed by atoms with Crippen molar-refractivity contribution in [3.8, 4) is 17.2 Å². The number of hydrogen-bond donors (Lipinski definition) is 0. The van der Waals surface area contributed by atoms with Crippen LogP contribution in [0, 0.1) is 0 Å². The molecule has 0 atom stereocenters. The average molecular weight is 238 g/mol. The Morgan fingerprint density at radius 3 is 2.35 bits per heavy atom. The maximum absolute atomic E-state index is 5.71. The van der Waals surface area contributed by atoms with Crippen molar-refractivity contribution in [1.29, 1.82) is 0 Å². The van der Waals surface area contributed by atoms with E-state index in [1.807, 2.05) is 18.2 Å². The lowest BCUT2D eigenvalue weighted by molar-refractivity contribution is 0.276. The number of para-hydroxylation sites is 1. The zero-order valence-electron chi connectivity index (χ0n) is 11.0. The van der Waals surface area contributed by atoms with Crippen LogP contribution < -0.4 is 14.2 Å². The van der Waals surface area contributed by atoms with Crippen molar-refractivity contribution < 1.29 is 14.2 Å². The Morgan fingerprint density at radius 1 is 0.941 bits per heavy atom. The van der Waals surface area contributed by atoms with Crippen molar-refractivity contribution >= 4 is 0 Å². The third kappa shape index (κ3) is 4.17. The van der Waals surface area contributed by atoms with Gasteiger partial charge in [0, 0.05) is 0 Å². The monoisotopic (exact) mass is 238 g/mol. The first-order valence-corrected chi connectivity index (χ1v) is 6.17. The van der Waals surface area contributed by atoms with Crippen molar-refractivity contribution in [2.45, 2.75) is 32.6 Å². The van der Waals surface area contributed by atoms with Gasteiger partial charge in [-0.3, -0.25) is 0 Å². The van der Waals surface area contributed by atoms with Crippen LogP contribution in [0.25, 0.3) is 0 Å². The highest BCUT2D eigenvalue weighted by Crippen LogP contribution is 2.36. The molecule has 0 N–H and O–H groups in total. The molecule has 0 bridgehead atoms. The Labute approximate surface area is 104 Å². The topological polar surface area (TPSA) is 27.7 Å². The van der Waals surface area contributed by atoms with E-state index in [1.165, 1.54) is 19.3 Å². The van der Waals surface area contributed by atoms with E-state index >= 15 is 0 Å². The zero-order chi connectivity index (χ0) is 12.5. The summed E-state index contributed by atoms with van der Waals surface area (Å²) in [7, 11) is 3.25. The second kappa shape index (κ2) is 7.82. The Hall–Kier alpha value is -1.38. The fraction of sp³-hybridized carbons (Fsp3) is 0.571. The molecular weight excluding hydrogens is 216 g/mol. The summed E-state index contributed by atoms with van der Waals surface area (Å²) >= 11 is 0.